The highest BCUT2D eigenvalue weighted by atomic mass is 32.1. The SMILES string of the molecule is C[C@@H]1CN2c3cc(F)c(C#Cc4nc5ccccc5s4)cc3CC3(C(=O)NC(=O)NC3=O)[C@H]2[C@H](C)O1. The normalized spacial score (nSPS) is 24.5. The van der Waals surface area contributed by atoms with E-state index < -0.39 is 41.2 Å². The predicted molar refractivity (Wildman–Crippen MR) is 131 cm³/mol. The van der Waals surface area contributed by atoms with E-state index in [2.05, 4.69) is 27.5 Å². The minimum absolute atomic E-state index is 0.0212. The molecule has 3 aliphatic rings. The summed E-state index contributed by atoms with van der Waals surface area (Å²) in [5.41, 5.74) is 0.542. The number of rotatable bonds is 0. The van der Waals surface area contributed by atoms with Crippen LogP contribution in [0.15, 0.2) is 36.4 Å². The lowest BCUT2D eigenvalue weighted by Crippen LogP contribution is -2.75. The second kappa shape index (κ2) is 8.11. The van der Waals surface area contributed by atoms with Gasteiger partial charge in [0.1, 0.15) is 5.82 Å². The van der Waals surface area contributed by atoms with Gasteiger partial charge >= 0.3 is 6.03 Å². The fourth-order valence-electron chi connectivity index (χ4n) is 5.60. The van der Waals surface area contributed by atoms with E-state index in [-0.39, 0.29) is 18.1 Å². The van der Waals surface area contributed by atoms with E-state index in [0.29, 0.717) is 22.8 Å². The van der Waals surface area contributed by atoms with Crippen LogP contribution in [-0.2, 0) is 20.7 Å². The van der Waals surface area contributed by atoms with Crippen molar-refractivity contribution in [2.45, 2.75) is 38.5 Å². The van der Waals surface area contributed by atoms with Crippen LogP contribution in [0.5, 0.6) is 0 Å². The maximum Gasteiger partial charge on any atom is 0.328 e. The molecule has 10 heteroatoms. The average Bonchev–Trinajstić information content (AvgIpc) is 3.24. The topological polar surface area (TPSA) is 101 Å². The molecular formula is C26H21FN4O4S. The summed E-state index contributed by atoms with van der Waals surface area (Å²) < 4.78 is 22.3. The summed E-state index contributed by atoms with van der Waals surface area (Å²) in [5, 5.41) is 5.06. The molecule has 3 aromatic rings. The third kappa shape index (κ3) is 3.38. The first-order chi connectivity index (χ1) is 17.3. The van der Waals surface area contributed by atoms with Gasteiger partial charge in [0, 0.05) is 12.2 Å². The van der Waals surface area contributed by atoms with E-state index in [1.807, 2.05) is 36.1 Å². The molecule has 0 radical (unpaired) electrons. The number of fused-ring (bicyclic) bond motifs is 5. The molecule has 2 N–H and O–H groups in total. The Morgan fingerprint density at radius 2 is 1.89 bits per heavy atom. The molecule has 0 aliphatic carbocycles. The molecular weight excluding hydrogens is 483 g/mol. The summed E-state index contributed by atoms with van der Waals surface area (Å²) in [4.78, 5) is 44.7. The molecule has 0 bridgehead atoms. The number of hydrogen-bond acceptors (Lipinski definition) is 7. The van der Waals surface area contributed by atoms with Crippen LogP contribution >= 0.6 is 11.3 Å². The van der Waals surface area contributed by atoms with Crippen molar-refractivity contribution in [2.75, 3.05) is 11.4 Å². The lowest BCUT2D eigenvalue weighted by molar-refractivity contribution is -0.153. The van der Waals surface area contributed by atoms with Gasteiger partial charge in [0.2, 0.25) is 11.8 Å². The number of imide groups is 2. The van der Waals surface area contributed by atoms with E-state index in [9.17, 15) is 14.4 Å². The number of aromatic nitrogens is 1. The highest BCUT2D eigenvalue weighted by molar-refractivity contribution is 7.19. The van der Waals surface area contributed by atoms with Gasteiger partial charge in [-0.25, -0.2) is 14.2 Å². The molecule has 182 valence electrons. The number of morpholine rings is 1. The first kappa shape index (κ1) is 22.6. The minimum atomic E-state index is -1.62. The quantitative estimate of drug-likeness (QED) is 0.361. The van der Waals surface area contributed by atoms with Crippen molar-refractivity contribution in [3.8, 4) is 11.8 Å². The first-order valence-corrected chi connectivity index (χ1v) is 12.4. The van der Waals surface area contributed by atoms with Crippen LogP contribution in [0.4, 0.5) is 14.9 Å². The largest absolute Gasteiger partial charge is 0.372 e. The molecule has 0 unspecified atom stereocenters. The van der Waals surface area contributed by atoms with Gasteiger partial charge in [0.05, 0.1) is 34.0 Å². The predicted octanol–water partition coefficient (Wildman–Crippen LogP) is 2.73. The molecule has 4 amide bonds. The molecule has 8 nitrogen and oxygen atoms in total. The number of nitrogens with zero attached hydrogens (tertiary/aromatic N) is 2. The van der Waals surface area contributed by atoms with Crippen molar-refractivity contribution in [3.05, 3.63) is 58.3 Å². The van der Waals surface area contributed by atoms with E-state index in [4.69, 9.17) is 4.74 Å². The number of ether oxygens (including phenoxy) is 1. The van der Waals surface area contributed by atoms with Crippen LogP contribution in [0.1, 0.15) is 30.0 Å². The number of halogens is 1. The van der Waals surface area contributed by atoms with E-state index >= 15 is 4.39 Å². The number of hydrogen-bond donors (Lipinski definition) is 2. The fourth-order valence-corrected chi connectivity index (χ4v) is 6.42. The molecule has 1 spiro atoms. The fraction of sp³-hybridized carbons (Fsp3) is 0.308. The smallest absolute Gasteiger partial charge is 0.328 e. The van der Waals surface area contributed by atoms with Crippen molar-refractivity contribution in [1.82, 2.24) is 15.6 Å². The third-order valence-corrected chi connectivity index (χ3v) is 7.95. The summed E-state index contributed by atoms with van der Waals surface area (Å²) in [5.74, 6) is 3.94. The average molecular weight is 505 g/mol. The molecule has 3 aliphatic heterocycles. The summed E-state index contributed by atoms with van der Waals surface area (Å²) in [6, 6.07) is 9.08. The highest BCUT2D eigenvalue weighted by Gasteiger charge is 2.62. The monoisotopic (exact) mass is 504 g/mol. The van der Waals surface area contributed by atoms with Gasteiger partial charge in [-0.15, -0.1) is 11.3 Å². The number of carbonyl (C=O) groups is 3. The van der Waals surface area contributed by atoms with E-state index in [0.717, 1.165) is 10.2 Å². The zero-order valence-corrected chi connectivity index (χ0v) is 20.2. The summed E-state index contributed by atoms with van der Waals surface area (Å²) in [6.07, 6.45) is -0.752. The first-order valence-electron chi connectivity index (χ1n) is 11.6. The number of para-hydroxylation sites is 1. The number of thiazole rings is 1. The number of benzene rings is 2. The number of amides is 4. The molecule has 3 atom stereocenters. The maximum absolute atomic E-state index is 15.3. The maximum atomic E-state index is 15.3. The number of urea groups is 1. The molecule has 4 heterocycles. The highest BCUT2D eigenvalue weighted by Crippen LogP contribution is 2.47. The standard InChI is InChI=1S/C26H21FN4O4S/c1-13-12-31-19-10-17(27)15(7-8-21-28-18-5-3-4-6-20(18)36-21)9-16(19)11-26(22(31)14(2)35-13)23(32)29-25(34)30-24(26)33/h3-6,9-10,13-14,22H,11-12H2,1-2H3,(H2,29,30,32,33,34)/t13-,14+,22-/m1/s1. The van der Waals surface area contributed by atoms with Crippen molar-refractivity contribution >= 4 is 45.1 Å². The van der Waals surface area contributed by atoms with Gasteiger partial charge in [-0.05, 0) is 56.0 Å². The zero-order valence-electron chi connectivity index (χ0n) is 19.4. The molecule has 36 heavy (non-hydrogen) atoms. The van der Waals surface area contributed by atoms with Crippen LogP contribution in [0, 0.1) is 23.1 Å². The molecule has 1 aromatic heterocycles. The van der Waals surface area contributed by atoms with Gasteiger partial charge in [-0.1, -0.05) is 18.1 Å². The Bertz CT molecular complexity index is 1470. The third-order valence-electron chi connectivity index (χ3n) is 7.00. The van der Waals surface area contributed by atoms with Crippen molar-refractivity contribution in [1.29, 1.82) is 0 Å². The lowest BCUT2D eigenvalue weighted by Gasteiger charge is -2.55. The lowest BCUT2D eigenvalue weighted by atomic mass is 9.66. The van der Waals surface area contributed by atoms with Crippen molar-refractivity contribution in [2.24, 2.45) is 5.41 Å². The zero-order chi connectivity index (χ0) is 25.2. The number of barbiturate groups is 1. The summed E-state index contributed by atoms with van der Waals surface area (Å²) >= 11 is 1.42. The van der Waals surface area contributed by atoms with Crippen LogP contribution < -0.4 is 15.5 Å². The number of nitrogens with one attached hydrogen (secondary N) is 2. The van der Waals surface area contributed by atoms with Gasteiger partial charge in [0.25, 0.3) is 0 Å². The second-order valence-corrected chi connectivity index (χ2v) is 10.4. The molecule has 0 saturated carbocycles. The van der Waals surface area contributed by atoms with Gasteiger partial charge in [-0.3, -0.25) is 20.2 Å². The van der Waals surface area contributed by atoms with E-state index in [1.54, 1.807) is 13.0 Å². The Labute approximate surface area is 209 Å². The molecule has 6 rings (SSSR count). The van der Waals surface area contributed by atoms with Crippen molar-refractivity contribution < 1.29 is 23.5 Å². The van der Waals surface area contributed by atoms with Gasteiger partial charge in [0.15, 0.2) is 10.4 Å². The Hall–Kier alpha value is -3.81. The van der Waals surface area contributed by atoms with Crippen LogP contribution in [0.2, 0.25) is 0 Å². The van der Waals surface area contributed by atoms with Gasteiger partial charge < -0.3 is 9.64 Å². The molecule has 2 saturated heterocycles. The van der Waals surface area contributed by atoms with Crippen LogP contribution in [0.25, 0.3) is 10.2 Å². The van der Waals surface area contributed by atoms with Crippen molar-refractivity contribution in [3.63, 3.8) is 0 Å². The number of carbonyl (C=O) groups excluding carboxylic acids is 3. The summed E-state index contributed by atoms with van der Waals surface area (Å²) in [7, 11) is 0. The molecule has 2 fully saturated rings. The van der Waals surface area contributed by atoms with E-state index in [1.165, 1.54) is 17.4 Å². The van der Waals surface area contributed by atoms with Gasteiger partial charge in [-0.2, -0.15) is 0 Å². The Morgan fingerprint density at radius 3 is 2.64 bits per heavy atom. The number of anilines is 1. The Morgan fingerprint density at radius 1 is 1.14 bits per heavy atom. The Balaban J connectivity index is 1.46. The minimum Gasteiger partial charge on any atom is -0.372 e. The molecule has 2 aromatic carbocycles. The van der Waals surface area contributed by atoms with Crippen LogP contribution in [-0.4, -0.2) is 47.6 Å². The summed E-state index contributed by atoms with van der Waals surface area (Å²) in [6.45, 7) is 4.02. The Kier molecular flexibility index (Phi) is 5.10. The second-order valence-electron chi connectivity index (χ2n) is 9.33. The van der Waals surface area contributed by atoms with Crippen LogP contribution in [0.3, 0.4) is 0 Å².